The number of morpholine rings is 1. The fourth-order valence-corrected chi connectivity index (χ4v) is 7.63. The van der Waals surface area contributed by atoms with E-state index in [0.29, 0.717) is 64.3 Å². The summed E-state index contributed by atoms with van der Waals surface area (Å²) in [5.74, 6) is -4.17. The molecule has 2 aliphatic heterocycles. The molecule has 0 bridgehead atoms. The Morgan fingerprint density at radius 3 is 2.40 bits per heavy atom. The molecule has 0 saturated carbocycles. The van der Waals surface area contributed by atoms with Gasteiger partial charge in [0.25, 0.3) is 10.2 Å². The molecule has 2 fully saturated rings. The van der Waals surface area contributed by atoms with Crippen LogP contribution in [0.15, 0.2) is 54.9 Å². The number of nitrogens with zero attached hydrogens (tertiary/aromatic N) is 3. The molecule has 3 aromatic rings. The third-order valence-corrected chi connectivity index (χ3v) is 10.2. The number of hydrogen-bond acceptors (Lipinski definition) is 6. The van der Waals surface area contributed by atoms with Crippen molar-refractivity contribution in [3.8, 4) is 0 Å². The van der Waals surface area contributed by atoms with E-state index < -0.39 is 45.3 Å². The highest BCUT2D eigenvalue weighted by Crippen LogP contribution is 2.31. The van der Waals surface area contributed by atoms with Crippen molar-refractivity contribution < 1.29 is 35.5 Å². The molecule has 1 amide bonds. The number of benzene rings is 2. The third kappa shape index (κ3) is 8.24. The van der Waals surface area contributed by atoms with Crippen LogP contribution in [0, 0.1) is 23.3 Å². The number of hydrogen-bond donors (Lipinski definition) is 2. The molecule has 0 aliphatic carbocycles. The number of carbonyl (C=O) groups is 1. The summed E-state index contributed by atoms with van der Waals surface area (Å²) in [6.45, 7) is 2.57. The highest BCUT2D eigenvalue weighted by Gasteiger charge is 2.37. The normalized spacial score (nSPS) is 18.9. The summed E-state index contributed by atoms with van der Waals surface area (Å²) in [4.78, 5) is 17.2. The molecule has 3 heterocycles. The number of halogens is 4. The molecular formula is C31H35F4N5O4S. The first kappa shape index (κ1) is 32.9. The van der Waals surface area contributed by atoms with Gasteiger partial charge in [0, 0.05) is 62.7 Å². The smallest absolute Gasteiger partial charge is 0.282 e. The van der Waals surface area contributed by atoms with E-state index in [-0.39, 0.29) is 35.7 Å². The maximum Gasteiger partial charge on any atom is 0.282 e. The van der Waals surface area contributed by atoms with Crippen molar-refractivity contribution in [3.05, 3.63) is 94.8 Å². The molecule has 2 N–H and O–H groups in total. The number of carbonyl (C=O) groups excluding carboxylic acids is 1. The van der Waals surface area contributed by atoms with Crippen LogP contribution in [0.25, 0.3) is 0 Å². The van der Waals surface area contributed by atoms with Crippen LogP contribution in [0.3, 0.4) is 0 Å². The second kappa shape index (κ2) is 14.8. The zero-order valence-corrected chi connectivity index (χ0v) is 25.3. The molecule has 14 heteroatoms. The summed E-state index contributed by atoms with van der Waals surface area (Å²) >= 11 is 0. The van der Waals surface area contributed by atoms with Crippen molar-refractivity contribution in [3.63, 3.8) is 0 Å². The maximum absolute atomic E-state index is 15.0. The molecule has 2 aromatic carbocycles. The Labute approximate surface area is 259 Å². The van der Waals surface area contributed by atoms with Crippen LogP contribution in [0.1, 0.15) is 41.9 Å². The highest BCUT2D eigenvalue weighted by atomic mass is 32.2. The molecule has 1 aromatic heterocycles. The van der Waals surface area contributed by atoms with Gasteiger partial charge in [-0.25, -0.2) is 17.6 Å². The summed E-state index contributed by atoms with van der Waals surface area (Å²) < 4.78 is 91.8. The first-order valence-electron chi connectivity index (χ1n) is 14.8. The van der Waals surface area contributed by atoms with E-state index in [1.807, 2.05) is 0 Å². The second-order valence-electron chi connectivity index (χ2n) is 11.1. The van der Waals surface area contributed by atoms with Gasteiger partial charge in [-0.15, -0.1) is 0 Å². The zero-order chi connectivity index (χ0) is 32.0. The lowest BCUT2D eigenvalue weighted by atomic mass is 9.88. The van der Waals surface area contributed by atoms with Crippen LogP contribution in [0.5, 0.6) is 0 Å². The Hall–Kier alpha value is -3.43. The lowest BCUT2D eigenvalue weighted by molar-refractivity contribution is -0.116. The van der Waals surface area contributed by atoms with E-state index in [0.717, 1.165) is 24.4 Å². The van der Waals surface area contributed by atoms with Crippen molar-refractivity contribution in [1.82, 2.24) is 18.9 Å². The van der Waals surface area contributed by atoms with Gasteiger partial charge in [0.1, 0.15) is 23.3 Å². The summed E-state index contributed by atoms with van der Waals surface area (Å²) in [6, 6.07) is 7.88. The van der Waals surface area contributed by atoms with Gasteiger partial charge in [-0.2, -0.15) is 17.0 Å². The third-order valence-electron chi connectivity index (χ3n) is 8.08. The largest absolute Gasteiger partial charge is 0.379 e. The molecule has 5 rings (SSSR count). The quantitative estimate of drug-likeness (QED) is 0.305. The fraction of sp³-hybridized carbons (Fsp3) is 0.419. The van der Waals surface area contributed by atoms with Gasteiger partial charge >= 0.3 is 0 Å². The van der Waals surface area contributed by atoms with E-state index in [9.17, 15) is 26.4 Å². The predicted octanol–water partition coefficient (Wildman–Crippen LogP) is 3.97. The van der Waals surface area contributed by atoms with Crippen LogP contribution in [-0.2, 0) is 26.2 Å². The van der Waals surface area contributed by atoms with Gasteiger partial charge in [-0.05, 0) is 54.7 Å². The van der Waals surface area contributed by atoms with Gasteiger partial charge in [-0.3, -0.25) is 9.78 Å². The van der Waals surface area contributed by atoms with Crippen LogP contribution in [0.4, 0.5) is 23.2 Å². The van der Waals surface area contributed by atoms with E-state index >= 15 is 4.39 Å². The lowest BCUT2D eigenvalue weighted by Gasteiger charge is -2.39. The number of anilines is 1. The average molecular weight is 650 g/mol. The molecule has 45 heavy (non-hydrogen) atoms. The van der Waals surface area contributed by atoms with E-state index in [1.165, 1.54) is 39.1 Å². The number of ether oxygens (including phenoxy) is 1. The molecule has 2 saturated heterocycles. The summed E-state index contributed by atoms with van der Waals surface area (Å²) in [5, 5.41) is 5.92. The van der Waals surface area contributed by atoms with Gasteiger partial charge in [0.15, 0.2) is 0 Å². The average Bonchev–Trinajstić information content (AvgIpc) is 3.02. The number of rotatable bonds is 11. The molecular weight excluding hydrogens is 614 g/mol. The van der Waals surface area contributed by atoms with Crippen LogP contribution in [-0.4, -0.2) is 79.9 Å². The zero-order valence-electron chi connectivity index (χ0n) is 24.5. The molecule has 0 unspecified atom stereocenters. The maximum atomic E-state index is 15.0. The number of aromatic nitrogens is 1. The number of nitrogens with one attached hydrogen (secondary N) is 2. The topological polar surface area (TPSA) is 104 Å². The Morgan fingerprint density at radius 1 is 0.978 bits per heavy atom. The van der Waals surface area contributed by atoms with Crippen LogP contribution < -0.4 is 10.6 Å². The van der Waals surface area contributed by atoms with E-state index in [2.05, 4.69) is 15.6 Å². The van der Waals surface area contributed by atoms with Gasteiger partial charge < -0.3 is 15.4 Å². The predicted molar refractivity (Wildman–Crippen MR) is 160 cm³/mol. The second-order valence-corrected chi connectivity index (χ2v) is 13.0. The van der Waals surface area contributed by atoms with Crippen molar-refractivity contribution in [1.29, 1.82) is 0 Å². The molecule has 0 radical (unpaired) electrons. The number of piperazine rings is 1. The van der Waals surface area contributed by atoms with Crippen LogP contribution >= 0.6 is 0 Å². The molecule has 242 valence electrons. The van der Waals surface area contributed by atoms with Crippen LogP contribution in [0.2, 0.25) is 0 Å². The Kier molecular flexibility index (Phi) is 10.8. The minimum absolute atomic E-state index is 0.142. The Bertz CT molecular complexity index is 1570. The Balaban J connectivity index is 1.28. The number of amides is 1. The van der Waals surface area contributed by atoms with E-state index in [1.54, 1.807) is 0 Å². The summed E-state index contributed by atoms with van der Waals surface area (Å²) in [7, 11) is -3.69. The minimum atomic E-state index is -3.69. The first-order chi connectivity index (χ1) is 21.6. The van der Waals surface area contributed by atoms with Crippen molar-refractivity contribution >= 4 is 21.8 Å². The molecule has 0 spiro atoms. The van der Waals surface area contributed by atoms with Crippen molar-refractivity contribution in [2.24, 2.45) is 0 Å². The lowest BCUT2D eigenvalue weighted by Crippen LogP contribution is -2.58. The van der Waals surface area contributed by atoms with Crippen molar-refractivity contribution in [2.75, 3.05) is 51.3 Å². The van der Waals surface area contributed by atoms with E-state index in [4.69, 9.17) is 4.74 Å². The monoisotopic (exact) mass is 649 g/mol. The number of pyridine rings is 1. The molecule has 2 atom stereocenters. The van der Waals surface area contributed by atoms with Gasteiger partial charge in [0.2, 0.25) is 5.91 Å². The van der Waals surface area contributed by atoms with Gasteiger partial charge in [0.05, 0.1) is 31.3 Å². The molecule has 2 aliphatic rings. The first-order valence-corrected chi connectivity index (χ1v) is 16.2. The SMILES string of the molecule is O=C(C[C@@H](c1ccc(F)cc1)c1cc(F)cc(F)c1)Nc1cncc(F)c1CCC[C@H]1CNCCN1S(=O)(=O)N1CCOCC1. The van der Waals surface area contributed by atoms with Gasteiger partial charge in [-0.1, -0.05) is 12.1 Å². The fourth-order valence-electron chi connectivity index (χ4n) is 5.84. The minimum Gasteiger partial charge on any atom is -0.379 e. The molecule has 9 nitrogen and oxygen atoms in total. The Morgan fingerprint density at radius 2 is 1.69 bits per heavy atom. The summed E-state index contributed by atoms with van der Waals surface area (Å²) in [6.07, 6.45) is 3.16. The van der Waals surface area contributed by atoms with Crippen molar-refractivity contribution in [2.45, 2.75) is 37.6 Å². The highest BCUT2D eigenvalue weighted by molar-refractivity contribution is 7.86. The summed E-state index contributed by atoms with van der Waals surface area (Å²) in [5.41, 5.74) is 0.999. The standard InChI is InChI=1S/C31H35F4N5O4S/c32-23-6-4-21(5-7-23)28(22-14-24(33)16-25(34)15-22)17-31(41)38-30-20-37-19-29(35)27(30)3-1-2-26-18-36-8-9-40(26)45(42,43)39-10-12-44-13-11-39/h4-7,14-16,19-20,26,28,36H,1-3,8-13,17-18H2,(H,38,41)/t26-,28-/m0/s1.